The van der Waals surface area contributed by atoms with Crippen molar-refractivity contribution in [2.24, 2.45) is 7.05 Å². The second-order valence-electron chi connectivity index (χ2n) is 3.55. The topological polar surface area (TPSA) is 49.0 Å². The van der Waals surface area contributed by atoms with Crippen LogP contribution < -0.4 is 10.4 Å². The summed E-state index contributed by atoms with van der Waals surface area (Å²) < 4.78 is 9.28. The van der Waals surface area contributed by atoms with Gasteiger partial charge >= 0.3 is 5.69 Å². The van der Waals surface area contributed by atoms with Crippen LogP contribution in [0.1, 0.15) is 0 Å². The van der Waals surface area contributed by atoms with Gasteiger partial charge in [-0.2, -0.15) is 5.10 Å². The highest BCUT2D eigenvalue weighted by Gasteiger charge is 2.01. The molecule has 2 rings (SSSR count). The van der Waals surface area contributed by atoms with E-state index in [2.05, 4.69) is 21.0 Å². The Kier molecular flexibility index (Phi) is 3.63. The number of hydrogen-bond acceptors (Lipinski definition) is 3. The second-order valence-corrected chi connectivity index (χ2v) is 4.47. The minimum Gasteiger partial charge on any atom is -0.492 e. The van der Waals surface area contributed by atoms with Crippen LogP contribution in [0.15, 0.2) is 39.9 Å². The summed E-state index contributed by atoms with van der Waals surface area (Å²) >= 11 is 3.36. The molecular weight excluding hydrogens is 286 g/mol. The molecule has 0 atom stereocenters. The molecule has 0 radical (unpaired) electrons. The SMILES string of the molecule is Cn1cnn(CCOc2cccc(Br)c2)c1=O. The predicted octanol–water partition coefficient (Wildman–Crippen LogP) is 1.42. The second kappa shape index (κ2) is 5.18. The molecule has 0 unspecified atom stereocenters. The van der Waals surface area contributed by atoms with Gasteiger partial charge in [-0.3, -0.25) is 4.57 Å². The van der Waals surface area contributed by atoms with E-state index in [-0.39, 0.29) is 5.69 Å². The molecule has 0 aliphatic carbocycles. The van der Waals surface area contributed by atoms with E-state index >= 15 is 0 Å². The molecule has 0 N–H and O–H groups in total. The highest BCUT2D eigenvalue weighted by molar-refractivity contribution is 9.10. The first-order valence-electron chi connectivity index (χ1n) is 5.13. The van der Waals surface area contributed by atoms with Gasteiger partial charge in [0, 0.05) is 11.5 Å². The summed E-state index contributed by atoms with van der Waals surface area (Å²) in [5.74, 6) is 0.767. The van der Waals surface area contributed by atoms with Crippen LogP contribution in [0, 0.1) is 0 Å². The summed E-state index contributed by atoms with van der Waals surface area (Å²) in [6, 6.07) is 7.57. The molecule has 0 spiro atoms. The molecule has 17 heavy (non-hydrogen) atoms. The van der Waals surface area contributed by atoms with Crippen molar-refractivity contribution in [3.05, 3.63) is 45.5 Å². The van der Waals surface area contributed by atoms with E-state index in [4.69, 9.17) is 4.74 Å². The molecule has 0 fully saturated rings. The van der Waals surface area contributed by atoms with Crippen LogP contribution >= 0.6 is 15.9 Å². The molecule has 0 amide bonds. The molecule has 2 aromatic rings. The maximum absolute atomic E-state index is 11.5. The summed E-state index contributed by atoms with van der Waals surface area (Å²) in [6.07, 6.45) is 1.49. The Hall–Kier alpha value is -1.56. The van der Waals surface area contributed by atoms with Crippen molar-refractivity contribution in [1.82, 2.24) is 14.3 Å². The van der Waals surface area contributed by atoms with Gasteiger partial charge in [-0.15, -0.1) is 0 Å². The number of aryl methyl sites for hydroxylation is 1. The molecule has 90 valence electrons. The van der Waals surface area contributed by atoms with Crippen molar-refractivity contribution in [2.75, 3.05) is 6.61 Å². The van der Waals surface area contributed by atoms with Gasteiger partial charge in [-0.05, 0) is 18.2 Å². The molecule has 1 heterocycles. The van der Waals surface area contributed by atoms with Crippen molar-refractivity contribution >= 4 is 15.9 Å². The zero-order chi connectivity index (χ0) is 12.3. The Morgan fingerprint density at radius 3 is 2.94 bits per heavy atom. The number of rotatable bonds is 4. The van der Waals surface area contributed by atoms with Gasteiger partial charge < -0.3 is 4.74 Å². The molecule has 1 aromatic heterocycles. The largest absolute Gasteiger partial charge is 0.492 e. The summed E-state index contributed by atoms with van der Waals surface area (Å²) in [5.41, 5.74) is -0.136. The zero-order valence-electron chi connectivity index (χ0n) is 9.34. The minimum atomic E-state index is -0.136. The molecular formula is C11H12BrN3O2. The Balaban J connectivity index is 1.92. The molecule has 0 saturated heterocycles. The normalized spacial score (nSPS) is 10.5. The third-order valence-electron chi connectivity index (χ3n) is 2.25. The molecule has 5 nitrogen and oxygen atoms in total. The van der Waals surface area contributed by atoms with E-state index in [1.165, 1.54) is 15.6 Å². The van der Waals surface area contributed by atoms with Crippen LogP contribution in [0.25, 0.3) is 0 Å². The highest BCUT2D eigenvalue weighted by Crippen LogP contribution is 2.17. The number of ether oxygens (including phenoxy) is 1. The lowest BCUT2D eigenvalue weighted by atomic mass is 10.3. The van der Waals surface area contributed by atoms with Gasteiger partial charge in [0.25, 0.3) is 0 Å². The van der Waals surface area contributed by atoms with Crippen LogP contribution in [0.3, 0.4) is 0 Å². The lowest BCUT2D eigenvalue weighted by molar-refractivity contribution is 0.288. The fourth-order valence-corrected chi connectivity index (χ4v) is 1.76. The Morgan fingerprint density at radius 1 is 1.47 bits per heavy atom. The Labute approximate surface area is 107 Å². The van der Waals surface area contributed by atoms with Gasteiger partial charge in [-0.1, -0.05) is 22.0 Å². The monoisotopic (exact) mass is 297 g/mol. The lowest BCUT2D eigenvalue weighted by Crippen LogP contribution is -2.25. The number of benzene rings is 1. The number of nitrogens with zero attached hydrogens (tertiary/aromatic N) is 3. The van der Waals surface area contributed by atoms with Crippen molar-refractivity contribution in [3.63, 3.8) is 0 Å². The van der Waals surface area contributed by atoms with Crippen molar-refractivity contribution in [3.8, 4) is 5.75 Å². The van der Waals surface area contributed by atoms with E-state index in [1.54, 1.807) is 7.05 Å². The van der Waals surface area contributed by atoms with Crippen LogP contribution in [-0.4, -0.2) is 21.0 Å². The van der Waals surface area contributed by atoms with Crippen LogP contribution in [0.2, 0.25) is 0 Å². The fraction of sp³-hybridized carbons (Fsp3) is 0.273. The smallest absolute Gasteiger partial charge is 0.345 e. The number of aromatic nitrogens is 3. The van der Waals surface area contributed by atoms with Crippen LogP contribution in [-0.2, 0) is 13.6 Å². The quantitative estimate of drug-likeness (QED) is 0.858. The van der Waals surface area contributed by atoms with E-state index in [0.29, 0.717) is 13.2 Å². The first-order chi connectivity index (χ1) is 8.16. The third kappa shape index (κ3) is 2.97. The van der Waals surface area contributed by atoms with Crippen LogP contribution in [0.5, 0.6) is 5.75 Å². The van der Waals surface area contributed by atoms with Crippen molar-refractivity contribution < 1.29 is 4.74 Å². The molecule has 0 saturated carbocycles. The van der Waals surface area contributed by atoms with Crippen molar-refractivity contribution in [2.45, 2.75) is 6.54 Å². The summed E-state index contributed by atoms with van der Waals surface area (Å²) in [7, 11) is 1.67. The molecule has 6 heteroatoms. The average Bonchev–Trinajstić information content (AvgIpc) is 2.61. The molecule has 0 aliphatic heterocycles. The third-order valence-corrected chi connectivity index (χ3v) is 2.75. The Morgan fingerprint density at radius 2 is 2.29 bits per heavy atom. The van der Waals surface area contributed by atoms with Crippen molar-refractivity contribution in [1.29, 1.82) is 0 Å². The van der Waals surface area contributed by atoms with Crippen LogP contribution in [0.4, 0.5) is 0 Å². The zero-order valence-corrected chi connectivity index (χ0v) is 10.9. The number of halogens is 1. The van der Waals surface area contributed by atoms with Gasteiger partial charge in [0.15, 0.2) is 0 Å². The number of hydrogen-bond donors (Lipinski definition) is 0. The molecule has 0 aliphatic rings. The van der Waals surface area contributed by atoms with Gasteiger partial charge in [0.2, 0.25) is 0 Å². The van der Waals surface area contributed by atoms with E-state index in [1.807, 2.05) is 24.3 Å². The molecule has 1 aromatic carbocycles. The van der Waals surface area contributed by atoms with Gasteiger partial charge in [-0.25, -0.2) is 9.48 Å². The van der Waals surface area contributed by atoms with E-state index < -0.39 is 0 Å². The molecule has 0 bridgehead atoms. The summed E-state index contributed by atoms with van der Waals surface area (Å²) in [5, 5.41) is 3.94. The Bertz CT molecular complexity index is 562. The maximum Gasteiger partial charge on any atom is 0.345 e. The highest BCUT2D eigenvalue weighted by atomic mass is 79.9. The van der Waals surface area contributed by atoms with Gasteiger partial charge in [0.05, 0.1) is 6.54 Å². The first-order valence-corrected chi connectivity index (χ1v) is 5.93. The fourth-order valence-electron chi connectivity index (χ4n) is 1.38. The minimum absolute atomic E-state index is 0.136. The van der Waals surface area contributed by atoms with Gasteiger partial charge in [0.1, 0.15) is 18.7 Å². The van der Waals surface area contributed by atoms with E-state index in [0.717, 1.165) is 10.2 Å². The van der Waals surface area contributed by atoms with E-state index in [9.17, 15) is 4.79 Å². The standard InChI is InChI=1S/C11H12BrN3O2/c1-14-8-13-15(11(14)16)5-6-17-10-4-2-3-9(12)7-10/h2-4,7-8H,5-6H2,1H3. The maximum atomic E-state index is 11.5. The summed E-state index contributed by atoms with van der Waals surface area (Å²) in [6.45, 7) is 0.847. The predicted molar refractivity (Wildman–Crippen MR) is 67.1 cm³/mol. The average molecular weight is 298 g/mol. The lowest BCUT2D eigenvalue weighted by Gasteiger charge is -2.05. The summed E-state index contributed by atoms with van der Waals surface area (Å²) in [4.78, 5) is 11.5. The first kappa shape index (κ1) is 11.9.